The maximum Gasteiger partial charge on any atom is 0.235 e. The van der Waals surface area contributed by atoms with Crippen molar-refractivity contribution in [1.82, 2.24) is 5.32 Å². The number of ether oxygens (including phenoxy) is 1. The summed E-state index contributed by atoms with van der Waals surface area (Å²) in [6.07, 6.45) is 1.36. The number of hydrogen-bond acceptors (Lipinski definition) is 4. The van der Waals surface area contributed by atoms with Gasteiger partial charge in [0.25, 0.3) is 0 Å². The Morgan fingerprint density at radius 3 is 2.36 bits per heavy atom. The van der Waals surface area contributed by atoms with Gasteiger partial charge in [-0.05, 0) is 37.8 Å². The molecule has 0 aromatic heterocycles. The molecule has 3 rings (SSSR count). The second-order valence-corrected chi connectivity index (χ2v) is 7.76. The minimum Gasteiger partial charge on any atom is -0.478 e. The van der Waals surface area contributed by atoms with Crippen molar-refractivity contribution in [3.8, 4) is 0 Å². The first-order chi connectivity index (χ1) is 13.5. The van der Waals surface area contributed by atoms with Gasteiger partial charge in [-0.3, -0.25) is 4.79 Å². The number of aliphatic imine (C=N–C) groups is 1. The average molecular weight is 380 g/mol. The molecule has 0 saturated heterocycles. The van der Waals surface area contributed by atoms with Crippen molar-refractivity contribution in [1.29, 1.82) is 0 Å². The second-order valence-electron chi connectivity index (χ2n) is 7.76. The van der Waals surface area contributed by atoms with Gasteiger partial charge in [0, 0.05) is 0 Å². The van der Waals surface area contributed by atoms with Crippen LogP contribution in [0.5, 0.6) is 0 Å². The lowest BCUT2D eigenvalue weighted by molar-refractivity contribution is -0.127. The van der Waals surface area contributed by atoms with Gasteiger partial charge in [-0.25, -0.2) is 4.99 Å². The Bertz CT molecular complexity index is 803. The van der Waals surface area contributed by atoms with Crippen LogP contribution in [0, 0.1) is 5.41 Å². The van der Waals surface area contributed by atoms with E-state index in [1.807, 2.05) is 62.4 Å². The third-order valence-corrected chi connectivity index (χ3v) is 5.01. The first-order valence-electron chi connectivity index (χ1n) is 9.70. The van der Waals surface area contributed by atoms with E-state index in [2.05, 4.69) is 22.4 Å². The Kier molecular flexibility index (Phi) is 6.47. The van der Waals surface area contributed by atoms with E-state index in [0.717, 1.165) is 12.0 Å². The lowest BCUT2D eigenvalue weighted by Crippen LogP contribution is -2.48. The van der Waals surface area contributed by atoms with E-state index < -0.39 is 5.41 Å². The van der Waals surface area contributed by atoms with Gasteiger partial charge in [0.15, 0.2) is 5.90 Å². The summed E-state index contributed by atoms with van der Waals surface area (Å²) in [4.78, 5) is 17.6. The van der Waals surface area contributed by atoms with E-state index >= 15 is 0 Å². The number of hydrogen-bond donors (Lipinski definition) is 2. The minimum atomic E-state index is -0.893. The van der Waals surface area contributed by atoms with Gasteiger partial charge in [0.05, 0.1) is 18.7 Å². The minimum absolute atomic E-state index is 0.0161. The predicted octanol–water partition coefficient (Wildman–Crippen LogP) is 2.77. The van der Waals surface area contributed by atoms with Gasteiger partial charge in [-0.15, -0.1) is 0 Å². The van der Waals surface area contributed by atoms with Gasteiger partial charge in [-0.1, -0.05) is 60.7 Å². The summed E-state index contributed by atoms with van der Waals surface area (Å²) in [5.41, 5.74) is 1.37. The molecule has 2 aromatic carbocycles. The maximum absolute atomic E-state index is 12.9. The average Bonchev–Trinajstić information content (AvgIpc) is 3.18. The first kappa shape index (κ1) is 20.1. The highest BCUT2D eigenvalue weighted by Crippen LogP contribution is 2.25. The zero-order valence-corrected chi connectivity index (χ0v) is 16.5. The molecule has 148 valence electrons. The molecule has 2 atom stereocenters. The number of rotatable bonds is 8. The highest BCUT2D eigenvalue weighted by atomic mass is 16.5. The number of amides is 1. The van der Waals surface area contributed by atoms with Crippen LogP contribution in [0.25, 0.3) is 0 Å². The topological polar surface area (TPSA) is 70.9 Å². The molecular formula is C23H28N2O3. The molecule has 0 aliphatic carbocycles. The van der Waals surface area contributed by atoms with Crippen LogP contribution in [0.4, 0.5) is 0 Å². The maximum atomic E-state index is 12.9. The van der Waals surface area contributed by atoms with Crippen molar-refractivity contribution in [3.63, 3.8) is 0 Å². The standard InChI is InChI=1S/C23H28N2O3/c1-23(2,21(27)24-19(15-26)13-17-9-5-3-6-10-17)22-25-20(16-28-22)14-18-11-7-4-8-12-18/h3-12,19-20,26H,13-16H2,1-2H3,(H,24,27)/t19-,20+/m1/s1. The summed E-state index contributed by atoms with van der Waals surface area (Å²) in [5.74, 6) is 0.268. The zero-order valence-electron chi connectivity index (χ0n) is 16.5. The zero-order chi connectivity index (χ0) is 20.0. The smallest absolute Gasteiger partial charge is 0.235 e. The summed E-state index contributed by atoms with van der Waals surface area (Å²) >= 11 is 0. The SMILES string of the molecule is CC(C)(C(=O)N[C@@H](CO)Cc1ccccc1)C1=N[C@@H](Cc2ccccc2)CO1. The number of aliphatic hydroxyl groups is 1. The van der Waals surface area contributed by atoms with Crippen LogP contribution in [0.2, 0.25) is 0 Å². The fourth-order valence-corrected chi connectivity index (χ4v) is 3.27. The van der Waals surface area contributed by atoms with Crippen LogP contribution in [0.1, 0.15) is 25.0 Å². The Morgan fingerprint density at radius 2 is 1.75 bits per heavy atom. The van der Waals surface area contributed by atoms with Crippen LogP contribution in [0.3, 0.4) is 0 Å². The number of aliphatic hydroxyl groups excluding tert-OH is 1. The van der Waals surface area contributed by atoms with Crippen LogP contribution in [-0.4, -0.2) is 42.2 Å². The highest BCUT2D eigenvalue weighted by Gasteiger charge is 2.39. The molecule has 1 heterocycles. The van der Waals surface area contributed by atoms with Crippen molar-refractivity contribution in [2.45, 2.75) is 38.8 Å². The summed E-state index contributed by atoms with van der Waals surface area (Å²) in [6.45, 7) is 3.97. The lowest BCUT2D eigenvalue weighted by Gasteiger charge is -2.26. The Balaban J connectivity index is 1.62. The monoisotopic (exact) mass is 380 g/mol. The summed E-state index contributed by atoms with van der Waals surface area (Å²) < 4.78 is 5.78. The molecule has 0 unspecified atom stereocenters. The van der Waals surface area contributed by atoms with E-state index in [1.54, 1.807) is 0 Å². The van der Waals surface area contributed by atoms with E-state index in [9.17, 15) is 9.90 Å². The van der Waals surface area contributed by atoms with Crippen LogP contribution >= 0.6 is 0 Å². The largest absolute Gasteiger partial charge is 0.478 e. The predicted molar refractivity (Wildman–Crippen MR) is 110 cm³/mol. The van der Waals surface area contributed by atoms with Gasteiger partial charge >= 0.3 is 0 Å². The van der Waals surface area contributed by atoms with Crippen molar-refractivity contribution in [2.75, 3.05) is 13.2 Å². The number of carbonyl (C=O) groups excluding carboxylic acids is 1. The van der Waals surface area contributed by atoms with Crippen LogP contribution < -0.4 is 5.32 Å². The molecule has 0 radical (unpaired) electrons. The van der Waals surface area contributed by atoms with E-state index in [1.165, 1.54) is 5.56 Å². The molecule has 28 heavy (non-hydrogen) atoms. The molecule has 2 aromatic rings. The molecule has 1 aliphatic rings. The molecular weight excluding hydrogens is 352 g/mol. The first-order valence-corrected chi connectivity index (χ1v) is 9.70. The fraction of sp³-hybridized carbons (Fsp3) is 0.391. The third kappa shape index (κ3) is 4.98. The molecule has 2 N–H and O–H groups in total. The molecule has 0 spiro atoms. The fourth-order valence-electron chi connectivity index (χ4n) is 3.27. The van der Waals surface area contributed by atoms with E-state index in [0.29, 0.717) is 18.9 Å². The summed E-state index contributed by atoms with van der Waals surface area (Å²) in [5, 5.41) is 12.6. The Labute approximate surface area is 166 Å². The molecule has 0 fully saturated rings. The molecule has 1 aliphatic heterocycles. The second kappa shape index (κ2) is 9.02. The van der Waals surface area contributed by atoms with Crippen molar-refractivity contribution in [2.24, 2.45) is 10.4 Å². The molecule has 0 saturated carbocycles. The van der Waals surface area contributed by atoms with Crippen LogP contribution in [0.15, 0.2) is 65.7 Å². The number of benzene rings is 2. The number of nitrogens with one attached hydrogen (secondary N) is 1. The van der Waals surface area contributed by atoms with E-state index in [4.69, 9.17) is 4.74 Å². The Morgan fingerprint density at radius 1 is 1.14 bits per heavy atom. The lowest BCUT2D eigenvalue weighted by atomic mass is 9.91. The van der Waals surface area contributed by atoms with Gasteiger partial charge in [0.2, 0.25) is 5.91 Å². The van der Waals surface area contributed by atoms with Crippen LogP contribution in [-0.2, 0) is 22.4 Å². The third-order valence-electron chi connectivity index (χ3n) is 5.01. The van der Waals surface area contributed by atoms with Gasteiger partial charge in [0.1, 0.15) is 12.0 Å². The van der Waals surface area contributed by atoms with Crippen molar-refractivity contribution in [3.05, 3.63) is 71.8 Å². The van der Waals surface area contributed by atoms with Gasteiger partial charge < -0.3 is 15.2 Å². The highest BCUT2D eigenvalue weighted by molar-refractivity contribution is 6.04. The number of carbonyl (C=O) groups is 1. The van der Waals surface area contributed by atoms with E-state index in [-0.39, 0.29) is 24.6 Å². The van der Waals surface area contributed by atoms with Gasteiger partial charge in [-0.2, -0.15) is 0 Å². The molecule has 1 amide bonds. The molecule has 0 bridgehead atoms. The quantitative estimate of drug-likeness (QED) is 0.740. The van der Waals surface area contributed by atoms with Crippen molar-refractivity contribution < 1.29 is 14.6 Å². The number of nitrogens with zero attached hydrogens (tertiary/aromatic N) is 1. The van der Waals surface area contributed by atoms with Crippen molar-refractivity contribution >= 4 is 11.8 Å². The molecule has 5 nitrogen and oxygen atoms in total. The normalized spacial score (nSPS) is 17.5. The summed E-state index contributed by atoms with van der Waals surface area (Å²) in [7, 11) is 0. The molecule has 5 heteroatoms. The summed E-state index contributed by atoms with van der Waals surface area (Å²) in [6, 6.07) is 19.6. The Hall–Kier alpha value is -2.66.